The molecule has 0 spiro atoms. The van der Waals surface area contributed by atoms with Crippen molar-refractivity contribution in [2.45, 2.75) is 32.7 Å². The van der Waals surface area contributed by atoms with Crippen molar-refractivity contribution in [1.29, 1.82) is 0 Å². The summed E-state index contributed by atoms with van der Waals surface area (Å²) in [5.41, 5.74) is 5.33. The van der Waals surface area contributed by atoms with Crippen molar-refractivity contribution in [3.8, 4) is 5.75 Å². The molecule has 0 radical (unpaired) electrons. The monoisotopic (exact) mass is 368 g/mol. The molecule has 1 rings (SSSR count). The quantitative estimate of drug-likeness (QED) is 0.770. The molecule has 0 aliphatic heterocycles. The van der Waals surface area contributed by atoms with Gasteiger partial charge in [-0.3, -0.25) is 4.79 Å². The van der Waals surface area contributed by atoms with Crippen LogP contribution in [0, 0.1) is 5.92 Å². The summed E-state index contributed by atoms with van der Waals surface area (Å²) in [5.74, 6) is 0.666. The second-order valence-electron chi connectivity index (χ2n) is 5.50. The molecule has 126 valence electrons. The van der Waals surface area contributed by atoms with E-state index in [9.17, 15) is 4.79 Å². The SMILES string of the molecule is CC(C)C(C)(CN)NC(=O)CCOc1ccc(Cl)cc1Cl.Cl. The van der Waals surface area contributed by atoms with Gasteiger partial charge in [-0.15, -0.1) is 12.4 Å². The number of nitrogens with one attached hydrogen (secondary N) is 1. The number of benzene rings is 1. The summed E-state index contributed by atoms with van der Waals surface area (Å²) in [5, 5.41) is 3.92. The van der Waals surface area contributed by atoms with Gasteiger partial charge < -0.3 is 15.8 Å². The molecule has 4 nitrogen and oxygen atoms in total. The normalized spacial score (nSPS) is 13.2. The molecule has 1 aromatic carbocycles. The molecule has 1 aromatic rings. The van der Waals surface area contributed by atoms with Crippen LogP contribution in [-0.2, 0) is 4.79 Å². The molecule has 0 aromatic heterocycles. The number of amides is 1. The lowest BCUT2D eigenvalue weighted by Crippen LogP contribution is -2.55. The maximum Gasteiger partial charge on any atom is 0.223 e. The Morgan fingerprint density at radius 2 is 2.05 bits per heavy atom. The third-order valence-corrected chi connectivity index (χ3v) is 4.13. The Morgan fingerprint density at radius 1 is 1.41 bits per heavy atom. The van der Waals surface area contributed by atoms with Gasteiger partial charge in [0.15, 0.2) is 0 Å². The Hall–Kier alpha value is -0.680. The summed E-state index contributed by atoms with van der Waals surface area (Å²) >= 11 is 11.8. The summed E-state index contributed by atoms with van der Waals surface area (Å²) in [4.78, 5) is 12.0. The van der Waals surface area contributed by atoms with Gasteiger partial charge in [0.2, 0.25) is 5.91 Å². The van der Waals surface area contributed by atoms with Crippen molar-refractivity contribution in [1.82, 2.24) is 5.32 Å². The first kappa shape index (κ1) is 21.3. The van der Waals surface area contributed by atoms with Crippen LogP contribution in [0.15, 0.2) is 18.2 Å². The van der Waals surface area contributed by atoms with E-state index in [0.717, 1.165) is 0 Å². The molecule has 0 aliphatic carbocycles. The first-order chi connectivity index (χ1) is 9.78. The molecule has 1 amide bonds. The summed E-state index contributed by atoms with van der Waals surface area (Å²) < 4.78 is 5.49. The van der Waals surface area contributed by atoms with Crippen LogP contribution in [-0.4, -0.2) is 24.6 Å². The number of halogens is 3. The molecule has 0 aliphatic rings. The molecule has 0 heterocycles. The number of rotatable bonds is 7. The predicted octanol–water partition coefficient (Wildman–Crippen LogP) is 3.67. The van der Waals surface area contributed by atoms with Gasteiger partial charge in [0.1, 0.15) is 5.75 Å². The minimum absolute atomic E-state index is 0. The van der Waals surface area contributed by atoms with Gasteiger partial charge in [0.25, 0.3) is 0 Å². The number of hydrogen-bond donors (Lipinski definition) is 2. The van der Waals surface area contributed by atoms with Gasteiger partial charge in [-0.1, -0.05) is 37.0 Å². The molecule has 1 unspecified atom stereocenters. The molecule has 22 heavy (non-hydrogen) atoms. The second-order valence-corrected chi connectivity index (χ2v) is 6.34. The standard InChI is InChI=1S/C15H22Cl2N2O2.ClH/c1-10(2)15(3,9-18)19-14(20)6-7-21-13-5-4-11(16)8-12(13)17;/h4-5,8,10H,6-7,9,18H2,1-3H3,(H,19,20);1H. The molecule has 0 saturated carbocycles. The van der Waals surface area contributed by atoms with Crippen LogP contribution in [0.2, 0.25) is 10.0 Å². The average Bonchev–Trinajstić information content (AvgIpc) is 2.40. The highest BCUT2D eigenvalue weighted by molar-refractivity contribution is 6.35. The molecule has 1 atom stereocenters. The average molecular weight is 370 g/mol. The Bertz CT molecular complexity index is 498. The van der Waals surface area contributed by atoms with Crippen molar-refractivity contribution in [2.24, 2.45) is 11.7 Å². The lowest BCUT2D eigenvalue weighted by molar-refractivity contribution is -0.123. The van der Waals surface area contributed by atoms with E-state index in [1.165, 1.54) is 0 Å². The zero-order valence-corrected chi connectivity index (χ0v) is 15.3. The zero-order chi connectivity index (χ0) is 16.0. The number of ether oxygens (including phenoxy) is 1. The summed E-state index contributed by atoms with van der Waals surface area (Å²) in [6, 6.07) is 4.97. The second kappa shape index (κ2) is 9.46. The van der Waals surface area contributed by atoms with Crippen LogP contribution in [0.4, 0.5) is 0 Å². The lowest BCUT2D eigenvalue weighted by atomic mass is 9.88. The van der Waals surface area contributed by atoms with Gasteiger partial charge in [0.05, 0.1) is 23.6 Å². The maximum atomic E-state index is 12.0. The largest absolute Gasteiger partial charge is 0.491 e. The minimum Gasteiger partial charge on any atom is -0.491 e. The van der Waals surface area contributed by atoms with Crippen molar-refractivity contribution in [3.05, 3.63) is 28.2 Å². The molecule has 0 saturated heterocycles. The van der Waals surface area contributed by atoms with Gasteiger partial charge in [-0.25, -0.2) is 0 Å². The fourth-order valence-electron chi connectivity index (χ4n) is 1.66. The minimum atomic E-state index is -0.408. The molecule has 0 bridgehead atoms. The van der Waals surface area contributed by atoms with E-state index in [1.54, 1.807) is 18.2 Å². The highest BCUT2D eigenvalue weighted by Gasteiger charge is 2.28. The third kappa shape index (κ3) is 6.21. The number of hydrogen-bond acceptors (Lipinski definition) is 3. The van der Waals surface area contributed by atoms with E-state index in [4.69, 9.17) is 33.7 Å². The molecule has 0 fully saturated rings. The van der Waals surface area contributed by atoms with Crippen molar-refractivity contribution in [2.75, 3.05) is 13.2 Å². The Morgan fingerprint density at radius 3 is 2.55 bits per heavy atom. The van der Waals surface area contributed by atoms with Crippen LogP contribution in [0.25, 0.3) is 0 Å². The number of carbonyl (C=O) groups is 1. The first-order valence-electron chi connectivity index (χ1n) is 6.87. The van der Waals surface area contributed by atoms with Crippen molar-refractivity contribution >= 4 is 41.5 Å². The smallest absolute Gasteiger partial charge is 0.223 e. The number of nitrogens with two attached hydrogens (primary N) is 1. The topological polar surface area (TPSA) is 64.3 Å². The van der Waals surface area contributed by atoms with Crippen molar-refractivity contribution in [3.63, 3.8) is 0 Å². The van der Waals surface area contributed by atoms with Gasteiger partial charge in [-0.05, 0) is 31.0 Å². The Labute approximate surface area is 148 Å². The molecule has 3 N–H and O–H groups in total. The van der Waals surface area contributed by atoms with E-state index in [1.807, 2.05) is 20.8 Å². The summed E-state index contributed by atoms with van der Waals surface area (Å²) in [6.07, 6.45) is 0.237. The zero-order valence-electron chi connectivity index (χ0n) is 13.0. The van der Waals surface area contributed by atoms with E-state index >= 15 is 0 Å². The highest BCUT2D eigenvalue weighted by Crippen LogP contribution is 2.27. The van der Waals surface area contributed by atoms with Gasteiger partial charge >= 0.3 is 0 Å². The highest BCUT2D eigenvalue weighted by atomic mass is 35.5. The Balaban J connectivity index is 0.00000441. The van der Waals surface area contributed by atoms with Crippen LogP contribution >= 0.6 is 35.6 Å². The van der Waals surface area contributed by atoms with Crippen LogP contribution < -0.4 is 15.8 Å². The van der Waals surface area contributed by atoms with E-state index in [2.05, 4.69) is 5.32 Å². The van der Waals surface area contributed by atoms with Crippen LogP contribution in [0.5, 0.6) is 5.75 Å². The van der Waals surface area contributed by atoms with Gasteiger partial charge in [0, 0.05) is 11.6 Å². The van der Waals surface area contributed by atoms with E-state index in [0.29, 0.717) is 22.3 Å². The molecular formula is C15H23Cl3N2O2. The predicted molar refractivity (Wildman–Crippen MR) is 94.3 cm³/mol. The fourth-order valence-corrected chi connectivity index (χ4v) is 2.12. The van der Waals surface area contributed by atoms with E-state index < -0.39 is 5.54 Å². The maximum absolute atomic E-state index is 12.0. The summed E-state index contributed by atoms with van der Waals surface area (Å²) in [6.45, 7) is 6.62. The van der Waals surface area contributed by atoms with Crippen LogP contribution in [0.1, 0.15) is 27.2 Å². The van der Waals surface area contributed by atoms with Gasteiger partial charge in [-0.2, -0.15) is 0 Å². The van der Waals surface area contributed by atoms with Crippen molar-refractivity contribution < 1.29 is 9.53 Å². The lowest BCUT2D eigenvalue weighted by Gasteiger charge is -2.33. The number of carbonyl (C=O) groups excluding carboxylic acids is 1. The fraction of sp³-hybridized carbons (Fsp3) is 0.533. The molecule has 7 heteroatoms. The Kier molecular flexibility index (Phi) is 9.16. The third-order valence-electron chi connectivity index (χ3n) is 3.60. The summed E-state index contributed by atoms with van der Waals surface area (Å²) in [7, 11) is 0. The van der Waals surface area contributed by atoms with E-state index in [-0.39, 0.29) is 37.3 Å². The van der Waals surface area contributed by atoms with Crippen LogP contribution in [0.3, 0.4) is 0 Å². The molecular weight excluding hydrogens is 347 g/mol. The first-order valence-corrected chi connectivity index (χ1v) is 7.63.